The van der Waals surface area contributed by atoms with Crippen molar-refractivity contribution < 1.29 is 23.0 Å². The lowest BCUT2D eigenvalue weighted by molar-refractivity contribution is 0.0818. The van der Waals surface area contributed by atoms with E-state index in [-0.39, 0.29) is 28.9 Å². The molecule has 32 heavy (non-hydrogen) atoms. The van der Waals surface area contributed by atoms with Crippen molar-refractivity contribution in [3.05, 3.63) is 30.0 Å². The number of piperidine rings is 1. The van der Waals surface area contributed by atoms with Crippen molar-refractivity contribution in [2.45, 2.75) is 24.1 Å². The Hall–Kier alpha value is -2.72. The minimum absolute atomic E-state index is 0.120. The number of pyridine rings is 1. The number of rotatable bonds is 6. The van der Waals surface area contributed by atoms with Crippen molar-refractivity contribution in [2.24, 2.45) is 0 Å². The Morgan fingerprint density at radius 1 is 1.00 bits per heavy atom. The maximum Gasteiger partial charge on any atom is 0.187 e. The quantitative estimate of drug-likeness (QED) is 0.396. The SMILES string of the molecule is COc1cc(OC)c(F)c(-c2cc3cnc(SC)nc3c(N3CCC(OC)CC3)n2)c1F. The standard InChI is InChI=1S/C22H24F2N4O3S/c1-29-13-5-7-28(8-6-13)21-20-12(11-25-22(27-20)32-4)9-14(26-21)17-18(23)15(30-2)10-16(31-3)19(17)24/h9-11,13H,5-8H2,1-4H3. The molecule has 0 radical (unpaired) electrons. The molecule has 0 amide bonds. The molecule has 1 aliphatic heterocycles. The molecule has 3 heterocycles. The molecular formula is C22H24F2N4O3S. The summed E-state index contributed by atoms with van der Waals surface area (Å²) in [7, 11) is 4.33. The molecule has 170 valence electrons. The van der Waals surface area contributed by atoms with Crippen molar-refractivity contribution in [2.75, 3.05) is 45.6 Å². The number of aromatic nitrogens is 3. The summed E-state index contributed by atoms with van der Waals surface area (Å²) in [5, 5.41) is 1.23. The van der Waals surface area contributed by atoms with E-state index in [0.717, 1.165) is 12.8 Å². The Kier molecular flexibility index (Phi) is 6.61. The number of ether oxygens (including phenoxy) is 3. The molecule has 1 fully saturated rings. The number of methoxy groups -OCH3 is 3. The zero-order valence-electron chi connectivity index (χ0n) is 18.3. The Labute approximate surface area is 189 Å². The molecule has 0 spiro atoms. The van der Waals surface area contributed by atoms with Gasteiger partial charge in [-0.2, -0.15) is 0 Å². The summed E-state index contributed by atoms with van der Waals surface area (Å²) >= 11 is 1.42. The van der Waals surface area contributed by atoms with E-state index < -0.39 is 11.6 Å². The molecule has 0 N–H and O–H groups in total. The molecule has 1 saturated heterocycles. The lowest BCUT2D eigenvalue weighted by atomic mass is 10.1. The molecule has 4 rings (SSSR count). The summed E-state index contributed by atoms with van der Waals surface area (Å²) in [6.45, 7) is 1.38. The first-order chi connectivity index (χ1) is 15.5. The molecule has 7 nitrogen and oxygen atoms in total. The van der Waals surface area contributed by atoms with Gasteiger partial charge < -0.3 is 19.1 Å². The zero-order valence-corrected chi connectivity index (χ0v) is 19.1. The van der Waals surface area contributed by atoms with Crippen LogP contribution in [0.25, 0.3) is 22.2 Å². The molecule has 0 aliphatic carbocycles. The van der Waals surface area contributed by atoms with Crippen LogP contribution in [0, 0.1) is 11.6 Å². The highest BCUT2D eigenvalue weighted by Crippen LogP contribution is 2.39. The van der Waals surface area contributed by atoms with Gasteiger partial charge in [-0.25, -0.2) is 23.7 Å². The molecule has 1 aliphatic rings. The van der Waals surface area contributed by atoms with Crippen molar-refractivity contribution in [3.8, 4) is 22.8 Å². The second kappa shape index (κ2) is 9.41. The van der Waals surface area contributed by atoms with Gasteiger partial charge in [0.2, 0.25) is 0 Å². The molecule has 0 unspecified atom stereocenters. The lowest BCUT2D eigenvalue weighted by Crippen LogP contribution is -2.37. The fourth-order valence-corrected chi connectivity index (χ4v) is 4.21. The van der Waals surface area contributed by atoms with Gasteiger partial charge in [-0.1, -0.05) is 11.8 Å². The number of halogens is 2. The van der Waals surface area contributed by atoms with E-state index in [1.165, 1.54) is 32.0 Å². The molecule has 3 aromatic rings. The largest absolute Gasteiger partial charge is 0.494 e. The molecule has 2 aromatic heterocycles. The third-order valence-corrected chi connectivity index (χ3v) is 6.17. The van der Waals surface area contributed by atoms with Crippen LogP contribution in [0.5, 0.6) is 11.5 Å². The highest BCUT2D eigenvalue weighted by atomic mass is 32.2. The summed E-state index contributed by atoms with van der Waals surface area (Å²) < 4.78 is 46.1. The normalized spacial score (nSPS) is 14.8. The Bertz CT molecular complexity index is 1110. The third kappa shape index (κ3) is 4.04. The van der Waals surface area contributed by atoms with Crippen LogP contribution >= 0.6 is 11.8 Å². The van der Waals surface area contributed by atoms with E-state index in [1.807, 2.05) is 6.26 Å². The van der Waals surface area contributed by atoms with E-state index in [4.69, 9.17) is 14.2 Å². The average Bonchev–Trinajstić information content (AvgIpc) is 2.83. The second-order valence-corrected chi connectivity index (χ2v) is 8.11. The number of anilines is 1. The highest BCUT2D eigenvalue weighted by Gasteiger charge is 2.27. The number of nitrogens with zero attached hydrogens (tertiary/aromatic N) is 4. The van der Waals surface area contributed by atoms with Crippen LogP contribution in [-0.2, 0) is 4.74 Å². The van der Waals surface area contributed by atoms with Gasteiger partial charge in [0.05, 0.1) is 31.6 Å². The molecule has 0 atom stereocenters. The fraction of sp³-hybridized carbons (Fsp3) is 0.409. The van der Waals surface area contributed by atoms with Crippen LogP contribution in [0.1, 0.15) is 12.8 Å². The number of fused-ring (bicyclic) bond motifs is 1. The maximum absolute atomic E-state index is 15.2. The van der Waals surface area contributed by atoms with Crippen LogP contribution in [0.3, 0.4) is 0 Å². The molecule has 10 heteroatoms. The van der Waals surface area contributed by atoms with Crippen LogP contribution in [0.15, 0.2) is 23.5 Å². The number of benzene rings is 1. The van der Waals surface area contributed by atoms with Crippen molar-refractivity contribution in [1.29, 1.82) is 0 Å². The number of hydrogen-bond acceptors (Lipinski definition) is 8. The summed E-state index contributed by atoms with van der Waals surface area (Å²) in [6.07, 6.45) is 5.35. The number of hydrogen-bond donors (Lipinski definition) is 0. The van der Waals surface area contributed by atoms with Gasteiger partial charge in [0.25, 0.3) is 0 Å². The Morgan fingerprint density at radius 3 is 2.22 bits per heavy atom. The molecule has 0 saturated carbocycles. The van der Waals surface area contributed by atoms with Gasteiger partial charge in [-0.05, 0) is 25.2 Å². The minimum atomic E-state index is -0.844. The first-order valence-electron chi connectivity index (χ1n) is 10.1. The topological polar surface area (TPSA) is 69.6 Å². The highest BCUT2D eigenvalue weighted by molar-refractivity contribution is 7.98. The molecule has 0 bridgehead atoms. The first kappa shape index (κ1) is 22.5. The van der Waals surface area contributed by atoms with Crippen molar-refractivity contribution in [3.63, 3.8) is 0 Å². The van der Waals surface area contributed by atoms with Crippen LogP contribution in [0.2, 0.25) is 0 Å². The van der Waals surface area contributed by atoms with E-state index >= 15 is 8.78 Å². The van der Waals surface area contributed by atoms with Gasteiger partial charge >= 0.3 is 0 Å². The van der Waals surface area contributed by atoms with Gasteiger partial charge in [0.1, 0.15) is 5.52 Å². The Morgan fingerprint density at radius 2 is 1.66 bits per heavy atom. The predicted octanol–water partition coefficient (Wildman–Crippen LogP) is 4.32. The minimum Gasteiger partial charge on any atom is -0.494 e. The fourth-order valence-electron chi connectivity index (χ4n) is 3.87. The third-order valence-electron chi connectivity index (χ3n) is 5.61. The van der Waals surface area contributed by atoms with E-state index in [2.05, 4.69) is 19.9 Å². The number of thioether (sulfide) groups is 1. The van der Waals surface area contributed by atoms with Crippen LogP contribution < -0.4 is 14.4 Å². The van der Waals surface area contributed by atoms with Crippen molar-refractivity contribution in [1.82, 2.24) is 15.0 Å². The van der Waals surface area contributed by atoms with Crippen molar-refractivity contribution >= 4 is 28.5 Å². The smallest absolute Gasteiger partial charge is 0.187 e. The monoisotopic (exact) mass is 462 g/mol. The lowest BCUT2D eigenvalue weighted by Gasteiger charge is -2.32. The van der Waals surface area contributed by atoms with Gasteiger partial charge in [0, 0.05) is 37.8 Å². The van der Waals surface area contributed by atoms with Gasteiger partial charge in [-0.15, -0.1) is 0 Å². The summed E-state index contributed by atoms with van der Waals surface area (Å²) in [5.41, 5.74) is 0.443. The van der Waals surface area contributed by atoms with E-state index in [0.29, 0.717) is 35.0 Å². The van der Waals surface area contributed by atoms with Gasteiger partial charge in [0.15, 0.2) is 34.1 Å². The van der Waals surface area contributed by atoms with Gasteiger partial charge in [-0.3, -0.25) is 0 Å². The molecular weight excluding hydrogens is 438 g/mol. The van der Waals surface area contributed by atoms with E-state index in [1.54, 1.807) is 19.4 Å². The second-order valence-electron chi connectivity index (χ2n) is 7.33. The maximum atomic E-state index is 15.2. The van der Waals surface area contributed by atoms with Crippen LogP contribution in [-0.4, -0.2) is 61.7 Å². The zero-order chi connectivity index (χ0) is 22.8. The Balaban J connectivity index is 1.93. The average molecular weight is 463 g/mol. The van der Waals surface area contributed by atoms with E-state index in [9.17, 15) is 0 Å². The summed E-state index contributed by atoms with van der Waals surface area (Å²) in [4.78, 5) is 15.7. The predicted molar refractivity (Wildman–Crippen MR) is 120 cm³/mol. The van der Waals surface area contributed by atoms with Crippen LogP contribution in [0.4, 0.5) is 14.6 Å². The summed E-state index contributed by atoms with van der Waals surface area (Å²) in [5.74, 6) is -1.38. The molecule has 1 aromatic carbocycles. The first-order valence-corrected chi connectivity index (χ1v) is 11.3. The summed E-state index contributed by atoms with van der Waals surface area (Å²) in [6, 6.07) is 2.77.